The van der Waals surface area contributed by atoms with Crippen molar-refractivity contribution in [2.24, 2.45) is 5.92 Å². The number of fused-ring (bicyclic) bond motifs is 1. The van der Waals surface area contributed by atoms with Gasteiger partial charge in [0.15, 0.2) is 5.65 Å². The Morgan fingerprint density at radius 2 is 2.21 bits per heavy atom. The summed E-state index contributed by atoms with van der Waals surface area (Å²) in [5.74, 6) is 2.36. The Balaban J connectivity index is 2.29. The van der Waals surface area contributed by atoms with E-state index in [0.717, 1.165) is 46.8 Å². The van der Waals surface area contributed by atoms with Crippen molar-refractivity contribution >= 4 is 38.7 Å². The average molecular weight is 345 g/mol. The topological polar surface area (TPSA) is 30.7 Å². The summed E-state index contributed by atoms with van der Waals surface area (Å²) >= 11 is 9.31. The molecule has 0 saturated carbocycles. The Kier molecular flexibility index (Phi) is 5.22. The van der Waals surface area contributed by atoms with E-state index in [4.69, 9.17) is 11.6 Å². The maximum Gasteiger partial charge on any atom is 0.160 e. The number of alkyl halides is 1. The van der Waals surface area contributed by atoms with Gasteiger partial charge in [0.2, 0.25) is 0 Å². The minimum absolute atomic E-state index is 0.592. The van der Waals surface area contributed by atoms with E-state index in [-0.39, 0.29) is 0 Å². The summed E-state index contributed by atoms with van der Waals surface area (Å²) in [6.45, 7) is 5.47. The number of pyridine rings is 1. The Morgan fingerprint density at radius 1 is 1.42 bits per heavy atom. The molecule has 0 aliphatic rings. The number of nitrogens with zero attached hydrogens (tertiary/aromatic N) is 3. The lowest BCUT2D eigenvalue weighted by molar-refractivity contribution is 0.509. The molecule has 0 unspecified atom stereocenters. The minimum atomic E-state index is 0.592. The molecule has 0 amide bonds. The smallest absolute Gasteiger partial charge is 0.160 e. The lowest BCUT2D eigenvalue weighted by Crippen LogP contribution is -2.06. The van der Waals surface area contributed by atoms with Crippen molar-refractivity contribution in [2.45, 2.75) is 39.7 Å². The molecular weight excluding hydrogens is 326 g/mol. The summed E-state index contributed by atoms with van der Waals surface area (Å²) < 4.78 is 3.18. The molecule has 0 N–H and O–H groups in total. The highest BCUT2D eigenvalue weighted by molar-refractivity contribution is 9.10. The molecule has 2 heterocycles. The molecule has 5 heteroatoms. The van der Waals surface area contributed by atoms with Gasteiger partial charge in [-0.25, -0.2) is 9.97 Å². The van der Waals surface area contributed by atoms with E-state index in [1.54, 1.807) is 0 Å². The van der Waals surface area contributed by atoms with Crippen LogP contribution in [0.15, 0.2) is 16.7 Å². The van der Waals surface area contributed by atoms with Crippen molar-refractivity contribution in [1.29, 1.82) is 0 Å². The van der Waals surface area contributed by atoms with E-state index in [1.807, 2.05) is 12.3 Å². The molecule has 2 aromatic heterocycles. The van der Waals surface area contributed by atoms with Gasteiger partial charge in [-0.15, -0.1) is 11.6 Å². The first-order chi connectivity index (χ1) is 9.11. The van der Waals surface area contributed by atoms with Crippen LogP contribution in [-0.4, -0.2) is 20.4 Å². The standard InChI is InChI=1S/C14H19BrClN3/c1-10(2)4-3-7-19-13(5-6-16)18-12-8-11(15)9-17-14(12)19/h8-10H,3-7H2,1-2H3. The SMILES string of the molecule is CC(C)CCCn1c(CCCl)nc2cc(Br)cnc21. The van der Waals surface area contributed by atoms with Gasteiger partial charge < -0.3 is 4.57 Å². The van der Waals surface area contributed by atoms with Crippen molar-refractivity contribution < 1.29 is 0 Å². The average Bonchev–Trinajstić information content (AvgIpc) is 2.66. The lowest BCUT2D eigenvalue weighted by atomic mass is 10.1. The molecule has 2 aromatic rings. The zero-order valence-corrected chi connectivity index (χ0v) is 13.7. The molecule has 0 atom stereocenters. The normalized spacial score (nSPS) is 11.6. The van der Waals surface area contributed by atoms with Crippen LogP contribution in [0.1, 0.15) is 32.5 Å². The highest BCUT2D eigenvalue weighted by atomic mass is 79.9. The van der Waals surface area contributed by atoms with Gasteiger partial charge >= 0.3 is 0 Å². The van der Waals surface area contributed by atoms with Gasteiger partial charge in [0.05, 0.1) is 0 Å². The molecule has 0 spiro atoms. The molecule has 0 fully saturated rings. The molecule has 0 radical (unpaired) electrons. The van der Waals surface area contributed by atoms with Crippen LogP contribution in [0.25, 0.3) is 11.2 Å². The second kappa shape index (κ2) is 6.71. The third kappa shape index (κ3) is 3.69. The first-order valence-corrected chi connectivity index (χ1v) is 8.01. The summed E-state index contributed by atoms with van der Waals surface area (Å²) in [6.07, 6.45) is 4.98. The number of aryl methyl sites for hydroxylation is 2. The Hall–Kier alpha value is -0.610. The van der Waals surface area contributed by atoms with Crippen LogP contribution in [0.4, 0.5) is 0 Å². The van der Waals surface area contributed by atoms with Crippen LogP contribution >= 0.6 is 27.5 Å². The van der Waals surface area contributed by atoms with Gasteiger partial charge in [-0.1, -0.05) is 13.8 Å². The van der Waals surface area contributed by atoms with E-state index >= 15 is 0 Å². The van der Waals surface area contributed by atoms with Crippen LogP contribution in [0.2, 0.25) is 0 Å². The highest BCUT2D eigenvalue weighted by Crippen LogP contribution is 2.20. The molecule has 19 heavy (non-hydrogen) atoms. The quantitative estimate of drug-likeness (QED) is 0.727. The maximum atomic E-state index is 5.87. The fourth-order valence-corrected chi connectivity index (χ4v) is 2.69. The third-order valence-electron chi connectivity index (χ3n) is 3.11. The minimum Gasteiger partial charge on any atom is -0.313 e. The molecule has 0 saturated heterocycles. The van der Waals surface area contributed by atoms with E-state index in [0.29, 0.717) is 5.88 Å². The predicted molar refractivity (Wildman–Crippen MR) is 83.7 cm³/mol. The summed E-state index contributed by atoms with van der Waals surface area (Å²) in [6, 6.07) is 2.01. The molecule has 3 nitrogen and oxygen atoms in total. The molecule has 0 aliphatic heterocycles. The number of rotatable bonds is 6. The maximum absolute atomic E-state index is 5.87. The number of hydrogen-bond donors (Lipinski definition) is 0. The molecule has 0 bridgehead atoms. The molecule has 0 aliphatic carbocycles. The fraction of sp³-hybridized carbons (Fsp3) is 0.571. The van der Waals surface area contributed by atoms with Crippen LogP contribution < -0.4 is 0 Å². The van der Waals surface area contributed by atoms with Gasteiger partial charge in [0.25, 0.3) is 0 Å². The Morgan fingerprint density at radius 3 is 2.89 bits per heavy atom. The highest BCUT2D eigenvalue weighted by Gasteiger charge is 2.11. The Bertz CT molecular complexity index is 551. The fourth-order valence-electron chi connectivity index (χ4n) is 2.20. The summed E-state index contributed by atoms with van der Waals surface area (Å²) in [5, 5.41) is 0. The second-order valence-electron chi connectivity index (χ2n) is 5.15. The van der Waals surface area contributed by atoms with Gasteiger partial charge in [0.1, 0.15) is 11.3 Å². The summed E-state index contributed by atoms with van der Waals surface area (Å²) in [7, 11) is 0. The largest absolute Gasteiger partial charge is 0.313 e. The first kappa shape index (κ1) is 14.8. The van der Waals surface area contributed by atoms with Crippen LogP contribution in [-0.2, 0) is 13.0 Å². The van der Waals surface area contributed by atoms with Gasteiger partial charge in [-0.3, -0.25) is 0 Å². The number of imidazole rings is 1. The number of aromatic nitrogens is 3. The van der Waals surface area contributed by atoms with E-state index in [1.165, 1.54) is 6.42 Å². The number of halogens is 2. The van der Waals surface area contributed by atoms with E-state index in [9.17, 15) is 0 Å². The van der Waals surface area contributed by atoms with Crippen molar-refractivity contribution in [3.63, 3.8) is 0 Å². The van der Waals surface area contributed by atoms with Crippen molar-refractivity contribution in [3.8, 4) is 0 Å². The predicted octanol–water partition coefficient (Wildman–Crippen LogP) is 4.41. The van der Waals surface area contributed by atoms with Gasteiger partial charge in [-0.2, -0.15) is 0 Å². The van der Waals surface area contributed by atoms with Gasteiger partial charge in [-0.05, 0) is 40.8 Å². The van der Waals surface area contributed by atoms with Crippen LogP contribution in [0.5, 0.6) is 0 Å². The Labute approximate surface area is 127 Å². The zero-order chi connectivity index (χ0) is 13.8. The lowest BCUT2D eigenvalue weighted by Gasteiger charge is -2.09. The number of hydrogen-bond acceptors (Lipinski definition) is 2. The molecule has 104 valence electrons. The van der Waals surface area contributed by atoms with Crippen molar-refractivity contribution in [1.82, 2.24) is 14.5 Å². The van der Waals surface area contributed by atoms with Crippen molar-refractivity contribution in [3.05, 3.63) is 22.6 Å². The first-order valence-electron chi connectivity index (χ1n) is 6.68. The third-order valence-corrected chi connectivity index (χ3v) is 3.73. The summed E-state index contributed by atoms with van der Waals surface area (Å²) in [5.41, 5.74) is 1.91. The molecule has 2 rings (SSSR count). The van der Waals surface area contributed by atoms with Crippen LogP contribution in [0, 0.1) is 5.92 Å². The molecular formula is C14H19BrClN3. The molecule has 0 aromatic carbocycles. The zero-order valence-electron chi connectivity index (χ0n) is 11.4. The van der Waals surface area contributed by atoms with Crippen molar-refractivity contribution in [2.75, 3.05) is 5.88 Å². The van der Waals surface area contributed by atoms with Gasteiger partial charge in [0, 0.05) is 29.5 Å². The van der Waals surface area contributed by atoms with E-state index in [2.05, 4.69) is 44.3 Å². The monoisotopic (exact) mass is 343 g/mol. The summed E-state index contributed by atoms with van der Waals surface area (Å²) in [4.78, 5) is 9.14. The second-order valence-corrected chi connectivity index (χ2v) is 6.44. The van der Waals surface area contributed by atoms with Crippen LogP contribution in [0.3, 0.4) is 0 Å². The van der Waals surface area contributed by atoms with E-state index < -0.39 is 0 Å².